The zero-order valence-electron chi connectivity index (χ0n) is 9.60. The molecule has 2 heteroatoms. The molecule has 0 fully saturated rings. The van der Waals surface area contributed by atoms with E-state index >= 15 is 0 Å². The standard InChI is InChI=1S/C14H16O2/c1-3-16-13-9-8-11-6-4-5-7-12(11)14(13)10(2)15/h4-10,15H,3H2,1-2H3/t10-/m1/s1. The molecule has 84 valence electrons. The second kappa shape index (κ2) is 4.54. The molecule has 16 heavy (non-hydrogen) atoms. The third kappa shape index (κ3) is 1.89. The van der Waals surface area contributed by atoms with E-state index in [2.05, 4.69) is 0 Å². The minimum atomic E-state index is -0.521. The summed E-state index contributed by atoms with van der Waals surface area (Å²) in [6, 6.07) is 12.0. The summed E-state index contributed by atoms with van der Waals surface area (Å²) in [4.78, 5) is 0. The lowest BCUT2D eigenvalue weighted by molar-refractivity contribution is 0.194. The lowest BCUT2D eigenvalue weighted by Gasteiger charge is -2.15. The second-order valence-corrected chi connectivity index (χ2v) is 3.81. The average molecular weight is 216 g/mol. The molecular weight excluding hydrogens is 200 g/mol. The van der Waals surface area contributed by atoms with Crippen LogP contribution in [0.25, 0.3) is 10.8 Å². The van der Waals surface area contributed by atoms with Gasteiger partial charge in [0.15, 0.2) is 0 Å². The fourth-order valence-electron chi connectivity index (χ4n) is 1.99. The van der Waals surface area contributed by atoms with Gasteiger partial charge in [0.1, 0.15) is 5.75 Å². The van der Waals surface area contributed by atoms with Crippen LogP contribution in [0.5, 0.6) is 5.75 Å². The van der Waals surface area contributed by atoms with Crippen LogP contribution in [0.1, 0.15) is 25.5 Å². The van der Waals surface area contributed by atoms with Gasteiger partial charge in [0.05, 0.1) is 12.7 Å². The predicted molar refractivity (Wildman–Crippen MR) is 65.8 cm³/mol. The molecule has 0 amide bonds. The summed E-state index contributed by atoms with van der Waals surface area (Å²) in [5, 5.41) is 12.0. The summed E-state index contributed by atoms with van der Waals surface area (Å²) in [5.74, 6) is 0.774. The van der Waals surface area contributed by atoms with Crippen LogP contribution in [0.3, 0.4) is 0 Å². The number of aliphatic hydroxyl groups is 1. The molecule has 0 aliphatic heterocycles. The first-order chi connectivity index (χ1) is 7.74. The highest BCUT2D eigenvalue weighted by molar-refractivity contribution is 5.88. The van der Waals surface area contributed by atoms with Gasteiger partial charge in [0, 0.05) is 5.56 Å². The van der Waals surface area contributed by atoms with Crippen molar-refractivity contribution in [3.8, 4) is 5.75 Å². The molecule has 0 aliphatic carbocycles. The third-order valence-corrected chi connectivity index (χ3v) is 2.65. The molecule has 0 radical (unpaired) electrons. The average Bonchev–Trinajstić information content (AvgIpc) is 2.28. The molecule has 0 bridgehead atoms. The monoisotopic (exact) mass is 216 g/mol. The zero-order chi connectivity index (χ0) is 11.5. The van der Waals surface area contributed by atoms with Crippen LogP contribution in [0, 0.1) is 0 Å². The highest BCUT2D eigenvalue weighted by Crippen LogP contribution is 2.32. The quantitative estimate of drug-likeness (QED) is 0.853. The topological polar surface area (TPSA) is 29.5 Å². The first kappa shape index (κ1) is 11.0. The largest absolute Gasteiger partial charge is 0.493 e. The normalized spacial score (nSPS) is 12.7. The minimum Gasteiger partial charge on any atom is -0.493 e. The minimum absolute atomic E-state index is 0.521. The van der Waals surface area contributed by atoms with Gasteiger partial charge in [-0.05, 0) is 30.7 Å². The molecule has 0 saturated carbocycles. The van der Waals surface area contributed by atoms with E-state index in [1.54, 1.807) is 6.92 Å². The van der Waals surface area contributed by atoms with Crippen molar-refractivity contribution >= 4 is 10.8 Å². The maximum Gasteiger partial charge on any atom is 0.125 e. The molecule has 2 aromatic rings. The van der Waals surface area contributed by atoms with E-state index in [4.69, 9.17) is 4.74 Å². The molecule has 0 heterocycles. The van der Waals surface area contributed by atoms with Gasteiger partial charge in [-0.3, -0.25) is 0 Å². The second-order valence-electron chi connectivity index (χ2n) is 3.81. The predicted octanol–water partition coefficient (Wildman–Crippen LogP) is 3.29. The van der Waals surface area contributed by atoms with Gasteiger partial charge in [-0.25, -0.2) is 0 Å². The lowest BCUT2D eigenvalue weighted by atomic mass is 10.00. The lowest BCUT2D eigenvalue weighted by Crippen LogP contribution is -2.00. The fraction of sp³-hybridized carbons (Fsp3) is 0.286. The van der Waals surface area contributed by atoms with Gasteiger partial charge in [0.2, 0.25) is 0 Å². The van der Waals surface area contributed by atoms with Gasteiger partial charge in [-0.2, -0.15) is 0 Å². The Bertz CT molecular complexity index is 489. The van der Waals surface area contributed by atoms with Crippen LogP contribution in [0.4, 0.5) is 0 Å². The number of hydrogen-bond acceptors (Lipinski definition) is 2. The van der Waals surface area contributed by atoms with E-state index in [0.29, 0.717) is 6.61 Å². The Labute approximate surface area is 95.5 Å². The van der Waals surface area contributed by atoms with Crippen LogP contribution in [-0.2, 0) is 0 Å². The Morgan fingerprint density at radius 1 is 1.19 bits per heavy atom. The van der Waals surface area contributed by atoms with Crippen LogP contribution in [0.2, 0.25) is 0 Å². The number of hydrogen-bond donors (Lipinski definition) is 1. The van der Waals surface area contributed by atoms with E-state index in [-0.39, 0.29) is 0 Å². The molecular formula is C14H16O2. The molecule has 2 nitrogen and oxygen atoms in total. The van der Waals surface area contributed by atoms with Crippen LogP contribution in [0.15, 0.2) is 36.4 Å². The molecule has 0 unspecified atom stereocenters. The molecule has 0 saturated heterocycles. The van der Waals surface area contributed by atoms with Gasteiger partial charge in [-0.15, -0.1) is 0 Å². The molecule has 0 aromatic heterocycles. The summed E-state index contributed by atoms with van der Waals surface area (Å²) < 4.78 is 5.55. The summed E-state index contributed by atoms with van der Waals surface area (Å²) in [6.45, 7) is 4.32. The molecule has 2 aromatic carbocycles. The van der Waals surface area contributed by atoms with Crippen molar-refractivity contribution in [2.45, 2.75) is 20.0 Å². The maximum absolute atomic E-state index is 9.85. The van der Waals surface area contributed by atoms with Crippen LogP contribution in [-0.4, -0.2) is 11.7 Å². The van der Waals surface area contributed by atoms with Crippen molar-refractivity contribution in [1.82, 2.24) is 0 Å². The number of aliphatic hydroxyl groups excluding tert-OH is 1. The van der Waals surface area contributed by atoms with E-state index < -0.39 is 6.10 Å². The first-order valence-electron chi connectivity index (χ1n) is 5.56. The smallest absolute Gasteiger partial charge is 0.125 e. The van der Waals surface area contributed by atoms with Crippen LogP contribution >= 0.6 is 0 Å². The Morgan fingerprint density at radius 3 is 2.62 bits per heavy atom. The van der Waals surface area contributed by atoms with Crippen molar-refractivity contribution in [3.63, 3.8) is 0 Å². The van der Waals surface area contributed by atoms with E-state index in [9.17, 15) is 5.11 Å². The first-order valence-corrected chi connectivity index (χ1v) is 5.56. The SMILES string of the molecule is CCOc1ccc2ccccc2c1[C@@H](C)O. The highest BCUT2D eigenvalue weighted by Gasteiger charge is 2.12. The molecule has 0 aliphatic rings. The Balaban J connectivity index is 2.69. The molecule has 2 rings (SSSR count). The summed E-state index contributed by atoms with van der Waals surface area (Å²) >= 11 is 0. The van der Waals surface area contributed by atoms with Crippen molar-refractivity contribution in [2.75, 3.05) is 6.61 Å². The highest BCUT2D eigenvalue weighted by atomic mass is 16.5. The molecule has 1 N–H and O–H groups in total. The summed E-state index contributed by atoms with van der Waals surface area (Å²) in [5.41, 5.74) is 0.875. The van der Waals surface area contributed by atoms with Crippen molar-refractivity contribution in [3.05, 3.63) is 42.0 Å². The third-order valence-electron chi connectivity index (χ3n) is 2.65. The van der Waals surface area contributed by atoms with Crippen molar-refractivity contribution < 1.29 is 9.84 Å². The number of ether oxygens (including phenoxy) is 1. The van der Waals surface area contributed by atoms with Crippen LogP contribution < -0.4 is 4.74 Å². The number of rotatable bonds is 3. The van der Waals surface area contributed by atoms with Gasteiger partial charge < -0.3 is 9.84 Å². The van der Waals surface area contributed by atoms with Crippen molar-refractivity contribution in [1.29, 1.82) is 0 Å². The summed E-state index contributed by atoms with van der Waals surface area (Å²) in [6.07, 6.45) is -0.521. The van der Waals surface area contributed by atoms with Gasteiger partial charge in [0.25, 0.3) is 0 Å². The Kier molecular flexibility index (Phi) is 3.11. The van der Waals surface area contributed by atoms with E-state index in [1.165, 1.54) is 0 Å². The fourth-order valence-corrected chi connectivity index (χ4v) is 1.99. The van der Waals surface area contributed by atoms with Gasteiger partial charge >= 0.3 is 0 Å². The maximum atomic E-state index is 9.85. The molecule has 1 atom stereocenters. The van der Waals surface area contributed by atoms with E-state index in [0.717, 1.165) is 22.1 Å². The number of benzene rings is 2. The van der Waals surface area contributed by atoms with Gasteiger partial charge in [-0.1, -0.05) is 30.3 Å². The Hall–Kier alpha value is -1.54. The van der Waals surface area contributed by atoms with E-state index in [1.807, 2.05) is 43.3 Å². The molecule has 0 spiro atoms. The Morgan fingerprint density at radius 2 is 1.94 bits per heavy atom. The zero-order valence-corrected chi connectivity index (χ0v) is 9.60. The summed E-state index contributed by atoms with van der Waals surface area (Å²) in [7, 11) is 0. The number of fused-ring (bicyclic) bond motifs is 1. The van der Waals surface area contributed by atoms with Crippen molar-refractivity contribution in [2.24, 2.45) is 0 Å².